The van der Waals surface area contributed by atoms with E-state index >= 15 is 0 Å². The number of hydrogen-bond donors (Lipinski definition) is 3. The molecule has 0 aromatic rings. The Balaban J connectivity index is 3.55. The van der Waals surface area contributed by atoms with Crippen molar-refractivity contribution in [1.29, 1.82) is 0 Å². The van der Waals surface area contributed by atoms with Crippen LogP contribution in [-0.2, 0) is 14.3 Å². The largest absolute Gasteiger partial charge is 0.466 e. The summed E-state index contributed by atoms with van der Waals surface area (Å²) in [5.74, 6) is -0.115. The number of hydrogen-bond acceptors (Lipinski definition) is 5. The Bertz CT molecular complexity index is 828. The summed E-state index contributed by atoms with van der Waals surface area (Å²) in [6.07, 6.45) is 48.8. The summed E-state index contributed by atoms with van der Waals surface area (Å²) < 4.78 is 5.43. The molecule has 0 radical (unpaired) electrons. The molecule has 0 rings (SSSR count). The number of carbonyl (C=O) groups excluding carboxylic acids is 2. The second-order valence-corrected chi connectivity index (χ2v) is 15.7. The van der Waals surface area contributed by atoms with Crippen molar-refractivity contribution in [2.45, 2.75) is 251 Å². The summed E-state index contributed by atoms with van der Waals surface area (Å²) in [5, 5.41) is 22.9. The topological polar surface area (TPSA) is 95.9 Å². The standard InChI is InChI=1S/C47H89NO5/c1-3-5-7-9-11-13-15-20-23-27-31-35-39-45(50)44(43-49)48-46(51)40-36-32-28-24-21-17-16-18-22-26-30-34-38-42-53-47(52)41-37-33-29-25-19-14-12-10-8-6-4-2/h17,21,35,39,44-45,49-50H,3-16,18-20,22-34,36-38,40-43H2,1-2H3,(H,48,51)/b21-17-,39-35+. The van der Waals surface area contributed by atoms with E-state index in [0.29, 0.717) is 19.4 Å². The fourth-order valence-corrected chi connectivity index (χ4v) is 6.86. The molecule has 3 N–H and O–H groups in total. The third-order valence-corrected chi connectivity index (χ3v) is 10.5. The highest BCUT2D eigenvalue weighted by molar-refractivity contribution is 5.76. The van der Waals surface area contributed by atoms with Crippen molar-refractivity contribution >= 4 is 11.9 Å². The van der Waals surface area contributed by atoms with Gasteiger partial charge in [0.2, 0.25) is 5.91 Å². The maximum absolute atomic E-state index is 12.4. The van der Waals surface area contributed by atoms with E-state index in [1.807, 2.05) is 6.08 Å². The Morgan fingerprint density at radius 3 is 1.36 bits per heavy atom. The second kappa shape index (κ2) is 43.1. The van der Waals surface area contributed by atoms with Gasteiger partial charge >= 0.3 is 5.97 Å². The monoisotopic (exact) mass is 748 g/mol. The highest BCUT2D eigenvalue weighted by Gasteiger charge is 2.18. The van der Waals surface area contributed by atoms with Crippen LogP contribution in [0.1, 0.15) is 239 Å². The van der Waals surface area contributed by atoms with E-state index in [0.717, 1.165) is 70.6 Å². The lowest BCUT2D eigenvalue weighted by atomic mass is 10.1. The maximum atomic E-state index is 12.4. The smallest absolute Gasteiger partial charge is 0.305 e. The molecule has 0 spiro atoms. The molecule has 2 unspecified atom stereocenters. The molecule has 0 bridgehead atoms. The van der Waals surface area contributed by atoms with Crippen molar-refractivity contribution in [2.75, 3.05) is 13.2 Å². The van der Waals surface area contributed by atoms with Crippen LogP contribution < -0.4 is 5.32 Å². The van der Waals surface area contributed by atoms with Crippen molar-refractivity contribution in [3.63, 3.8) is 0 Å². The Morgan fingerprint density at radius 1 is 0.509 bits per heavy atom. The highest BCUT2D eigenvalue weighted by atomic mass is 16.5. The maximum Gasteiger partial charge on any atom is 0.305 e. The molecule has 312 valence electrons. The van der Waals surface area contributed by atoms with Gasteiger partial charge in [-0.1, -0.05) is 192 Å². The van der Waals surface area contributed by atoms with Crippen LogP contribution in [0.3, 0.4) is 0 Å². The van der Waals surface area contributed by atoms with Gasteiger partial charge in [-0.3, -0.25) is 9.59 Å². The van der Waals surface area contributed by atoms with Crippen LogP contribution in [-0.4, -0.2) is 47.4 Å². The molecule has 0 saturated heterocycles. The van der Waals surface area contributed by atoms with Gasteiger partial charge in [-0.2, -0.15) is 0 Å². The van der Waals surface area contributed by atoms with E-state index in [2.05, 4.69) is 31.3 Å². The van der Waals surface area contributed by atoms with Gasteiger partial charge in [0, 0.05) is 12.8 Å². The molecule has 0 fully saturated rings. The van der Waals surface area contributed by atoms with E-state index < -0.39 is 12.1 Å². The molecule has 0 heterocycles. The predicted octanol–water partition coefficient (Wildman–Crippen LogP) is 13.2. The molecular formula is C47H89NO5. The van der Waals surface area contributed by atoms with Crippen LogP contribution >= 0.6 is 0 Å². The third kappa shape index (κ3) is 39.8. The number of allylic oxidation sites excluding steroid dienone is 3. The lowest BCUT2D eigenvalue weighted by Gasteiger charge is -2.19. The van der Waals surface area contributed by atoms with Gasteiger partial charge in [-0.15, -0.1) is 0 Å². The average Bonchev–Trinajstić information content (AvgIpc) is 3.16. The van der Waals surface area contributed by atoms with E-state index in [9.17, 15) is 19.8 Å². The molecular weight excluding hydrogens is 659 g/mol. The number of aliphatic hydroxyl groups is 2. The zero-order valence-electron chi connectivity index (χ0n) is 35.2. The minimum absolute atomic E-state index is 0.0152. The van der Waals surface area contributed by atoms with Gasteiger partial charge in [0.25, 0.3) is 0 Å². The number of unbranched alkanes of at least 4 members (excludes halogenated alkanes) is 29. The Labute approximate surface area is 329 Å². The zero-order chi connectivity index (χ0) is 38.7. The number of ether oxygens (including phenoxy) is 1. The SMILES string of the molecule is CCCCCCCCCCCC/C=C/C(O)C(CO)NC(=O)CCCCC/C=C\CCCCCCCCOC(=O)CCCCCCCCCCCCC. The normalized spacial score (nSPS) is 12.9. The van der Waals surface area contributed by atoms with Crippen LogP contribution in [0.2, 0.25) is 0 Å². The number of rotatable bonds is 42. The van der Waals surface area contributed by atoms with Gasteiger partial charge in [0.15, 0.2) is 0 Å². The lowest BCUT2D eigenvalue weighted by Crippen LogP contribution is -2.45. The van der Waals surface area contributed by atoms with Crippen molar-refractivity contribution in [2.24, 2.45) is 0 Å². The first-order valence-electron chi connectivity index (χ1n) is 23.1. The number of nitrogens with one attached hydrogen (secondary N) is 1. The fourth-order valence-electron chi connectivity index (χ4n) is 6.86. The first-order chi connectivity index (χ1) is 26.0. The summed E-state index contributed by atoms with van der Waals surface area (Å²) in [4.78, 5) is 24.3. The van der Waals surface area contributed by atoms with Crippen molar-refractivity contribution in [3.8, 4) is 0 Å². The quantitative estimate of drug-likeness (QED) is 0.0328. The summed E-state index contributed by atoms with van der Waals surface area (Å²) in [5.41, 5.74) is 0. The van der Waals surface area contributed by atoms with E-state index in [1.54, 1.807) is 6.08 Å². The average molecular weight is 748 g/mol. The summed E-state index contributed by atoms with van der Waals surface area (Å²) >= 11 is 0. The summed E-state index contributed by atoms with van der Waals surface area (Å²) in [6.45, 7) is 4.83. The van der Waals surface area contributed by atoms with E-state index in [1.165, 1.54) is 141 Å². The van der Waals surface area contributed by atoms with Crippen LogP contribution in [0, 0.1) is 0 Å². The third-order valence-electron chi connectivity index (χ3n) is 10.5. The Kier molecular flexibility index (Phi) is 41.7. The molecule has 0 aromatic heterocycles. The van der Waals surface area contributed by atoms with Crippen LogP contribution in [0.25, 0.3) is 0 Å². The fraction of sp³-hybridized carbons (Fsp3) is 0.872. The molecule has 0 aliphatic carbocycles. The summed E-state index contributed by atoms with van der Waals surface area (Å²) in [6, 6.07) is -0.645. The molecule has 0 saturated carbocycles. The molecule has 6 heteroatoms. The zero-order valence-corrected chi connectivity index (χ0v) is 35.2. The van der Waals surface area contributed by atoms with Crippen LogP contribution in [0.15, 0.2) is 24.3 Å². The number of aliphatic hydroxyl groups excluding tert-OH is 2. The van der Waals surface area contributed by atoms with Crippen molar-refractivity contribution in [3.05, 3.63) is 24.3 Å². The molecule has 2 atom stereocenters. The van der Waals surface area contributed by atoms with Crippen molar-refractivity contribution < 1.29 is 24.5 Å². The van der Waals surface area contributed by atoms with Gasteiger partial charge in [0.05, 0.1) is 25.4 Å². The predicted molar refractivity (Wildman–Crippen MR) is 227 cm³/mol. The molecule has 0 aliphatic heterocycles. The van der Waals surface area contributed by atoms with Crippen LogP contribution in [0.4, 0.5) is 0 Å². The minimum Gasteiger partial charge on any atom is -0.466 e. The molecule has 0 aliphatic rings. The Morgan fingerprint density at radius 2 is 0.887 bits per heavy atom. The Hall–Kier alpha value is -1.66. The number of esters is 1. The van der Waals surface area contributed by atoms with Crippen LogP contribution in [0.5, 0.6) is 0 Å². The second-order valence-electron chi connectivity index (χ2n) is 15.7. The molecule has 1 amide bonds. The molecule has 53 heavy (non-hydrogen) atoms. The van der Waals surface area contributed by atoms with Gasteiger partial charge < -0.3 is 20.3 Å². The summed E-state index contributed by atoms with van der Waals surface area (Å²) in [7, 11) is 0. The first-order valence-corrected chi connectivity index (χ1v) is 23.1. The molecule has 0 aromatic carbocycles. The van der Waals surface area contributed by atoms with Gasteiger partial charge in [-0.05, 0) is 57.8 Å². The highest BCUT2D eigenvalue weighted by Crippen LogP contribution is 2.14. The molecule has 6 nitrogen and oxygen atoms in total. The van der Waals surface area contributed by atoms with Gasteiger partial charge in [0.1, 0.15) is 0 Å². The van der Waals surface area contributed by atoms with Crippen molar-refractivity contribution in [1.82, 2.24) is 5.32 Å². The van der Waals surface area contributed by atoms with E-state index in [-0.39, 0.29) is 18.5 Å². The van der Waals surface area contributed by atoms with Gasteiger partial charge in [-0.25, -0.2) is 0 Å². The van der Waals surface area contributed by atoms with E-state index in [4.69, 9.17) is 4.74 Å². The number of carbonyl (C=O) groups is 2. The minimum atomic E-state index is -0.859. The number of amides is 1. The lowest BCUT2D eigenvalue weighted by molar-refractivity contribution is -0.143. The first kappa shape index (κ1) is 51.3.